The van der Waals surface area contributed by atoms with Gasteiger partial charge in [0.2, 0.25) is 5.91 Å². The fraction of sp³-hybridized carbons (Fsp3) is 0.682. The molecule has 2 rings (SSSR count). The molecule has 0 saturated carbocycles. The molecule has 1 aliphatic rings. The van der Waals surface area contributed by atoms with Crippen molar-refractivity contribution in [2.45, 2.75) is 72.3 Å². The van der Waals surface area contributed by atoms with Crippen LogP contribution in [0.25, 0.3) is 0 Å². The van der Waals surface area contributed by atoms with E-state index in [9.17, 15) is 9.59 Å². The van der Waals surface area contributed by atoms with Gasteiger partial charge in [-0.2, -0.15) is 0 Å². The molecule has 1 aromatic heterocycles. The molecule has 8 nitrogen and oxygen atoms in total. The van der Waals surface area contributed by atoms with Gasteiger partial charge in [0.1, 0.15) is 17.5 Å². The third-order valence-electron chi connectivity index (χ3n) is 5.01. The van der Waals surface area contributed by atoms with E-state index in [1.165, 1.54) is 0 Å². The standard InChI is InChI=1S/C22H36N4O4/c1-7-15(2)19(25-21(28)30-22(4,5)6)20(27)24-13-17-8-9-18(23-12-17)26-10-11-29-16(3)14-26/h8-9,12,15-16,19H,7,10-11,13-14H2,1-6H3,(H,24,27)(H,25,28). The van der Waals surface area contributed by atoms with E-state index < -0.39 is 17.7 Å². The first-order valence-corrected chi connectivity index (χ1v) is 10.7. The number of aromatic nitrogens is 1. The lowest BCUT2D eigenvalue weighted by molar-refractivity contribution is -0.124. The van der Waals surface area contributed by atoms with E-state index in [4.69, 9.17) is 9.47 Å². The summed E-state index contributed by atoms with van der Waals surface area (Å²) in [6.07, 6.45) is 2.13. The van der Waals surface area contributed by atoms with Gasteiger partial charge in [-0.05, 0) is 45.2 Å². The number of nitrogens with one attached hydrogen (secondary N) is 2. The molecule has 1 aliphatic heterocycles. The zero-order valence-electron chi connectivity index (χ0n) is 19.0. The van der Waals surface area contributed by atoms with E-state index in [2.05, 4.69) is 27.4 Å². The quantitative estimate of drug-likeness (QED) is 0.705. The summed E-state index contributed by atoms with van der Waals surface area (Å²) in [5, 5.41) is 5.61. The Hall–Kier alpha value is -2.35. The number of alkyl carbamates (subject to hydrolysis) is 1. The van der Waals surface area contributed by atoms with Gasteiger partial charge in [-0.15, -0.1) is 0 Å². The van der Waals surface area contributed by atoms with Crippen LogP contribution in [-0.2, 0) is 20.8 Å². The van der Waals surface area contributed by atoms with Gasteiger partial charge in [-0.25, -0.2) is 9.78 Å². The van der Waals surface area contributed by atoms with Gasteiger partial charge in [-0.1, -0.05) is 26.3 Å². The third-order valence-corrected chi connectivity index (χ3v) is 5.01. The maximum Gasteiger partial charge on any atom is 0.408 e. The monoisotopic (exact) mass is 420 g/mol. The molecule has 168 valence electrons. The smallest absolute Gasteiger partial charge is 0.408 e. The van der Waals surface area contributed by atoms with Crippen LogP contribution in [0.3, 0.4) is 0 Å². The van der Waals surface area contributed by atoms with Crippen molar-refractivity contribution >= 4 is 17.8 Å². The van der Waals surface area contributed by atoms with Gasteiger partial charge in [0, 0.05) is 25.8 Å². The van der Waals surface area contributed by atoms with Crippen LogP contribution >= 0.6 is 0 Å². The average Bonchev–Trinajstić information content (AvgIpc) is 2.68. The topological polar surface area (TPSA) is 92.8 Å². The van der Waals surface area contributed by atoms with E-state index in [0.717, 1.165) is 30.9 Å². The molecule has 0 bridgehead atoms. The zero-order chi connectivity index (χ0) is 22.3. The van der Waals surface area contributed by atoms with Crippen LogP contribution in [0.4, 0.5) is 10.6 Å². The number of anilines is 1. The van der Waals surface area contributed by atoms with Gasteiger partial charge in [0.25, 0.3) is 0 Å². The second-order valence-corrected chi connectivity index (χ2v) is 8.88. The zero-order valence-corrected chi connectivity index (χ0v) is 19.0. The summed E-state index contributed by atoms with van der Waals surface area (Å²) in [6.45, 7) is 14.0. The minimum Gasteiger partial charge on any atom is -0.444 e. The molecule has 30 heavy (non-hydrogen) atoms. The molecule has 2 heterocycles. The van der Waals surface area contributed by atoms with Crippen LogP contribution in [0.15, 0.2) is 18.3 Å². The Morgan fingerprint density at radius 3 is 2.67 bits per heavy atom. The number of rotatable bonds is 7. The SMILES string of the molecule is CCC(C)C(NC(=O)OC(C)(C)C)C(=O)NCc1ccc(N2CCOC(C)C2)nc1. The van der Waals surface area contributed by atoms with Crippen molar-refractivity contribution in [3.05, 3.63) is 23.9 Å². The predicted molar refractivity (Wildman–Crippen MR) is 116 cm³/mol. The Morgan fingerprint density at radius 1 is 1.37 bits per heavy atom. The van der Waals surface area contributed by atoms with Crippen LogP contribution in [0.1, 0.15) is 53.5 Å². The van der Waals surface area contributed by atoms with Crippen molar-refractivity contribution < 1.29 is 19.1 Å². The highest BCUT2D eigenvalue weighted by atomic mass is 16.6. The molecular formula is C22H36N4O4. The molecule has 2 N–H and O–H groups in total. The molecule has 3 unspecified atom stereocenters. The molecule has 1 aromatic rings. The van der Waals surface area contributed by atoms with Crippen LogP contribution in [-0.4, -0.2) is 54.4 Å². The van der Waals surface area contributed by atoms with E-state index in [1.807, 2.05) is 26.0 Å². The van der Waals surface area contributed by atoms with E-state index >= 15 is 0 Å². The molecule has 3 atom stereocenters. The Balaban J connectivity index is 1.93. The largest absolute Gasteiger partial charge is 0.444 e. The van der Waals surface area contributed by atoms with Crippen molar-refractivity contribution in [1.29, 1.82) is 0 Å². The fourth-order valence-corrected chi connectivity index (χ4v) is 3.17. The average molecular weight is 421 g/mol. The molecule has 1 saturated heterocycles. The Bertz CT molecular complexity index is 702. The second-order valence-electron chi connectivity index (χ2n) is 8.88. The number of hydrogen-bond donors (Lipinski definition) is 2. The maximum atomic E-state index is 12.7. The second kappa shape index (κ2) is 10.6. The first-order chi connectivity index (χ1) is 14.1. The number of pyridine rings is 1. The summed E-state index contributed by atoms with van der Waals surface area (Å²) < 4.78 is 10.9. The number of ether oxygens (including phenoxy) is 2. The van der Waals surface area contributed by atoms with Crippen LogP contribution in [0.2, 0.25) is 0 Å². The number of amides is 2. The molecule has 8 heteroatoms. The number of hydrogen-bond acceptors (Lipinski definition) is 6. The van der Waals surface area contributed by atoms with Crippen molar-refractivity contribution in [2.24, 2.45) is 5.92 Å². The van der Waals surface area contributed by atoms with Crippen molar-refractivity contribution in [3.8, 4) is 0 Å². The van der Waals surface area contributed by atoms with Crippen LogP contribution in [0.5, 0.6) is 0 Å². The summed E-state index contributed by atoms with van der Waals surface area (Å²) in [5.41, 5.74) is 0.278. The van der Waals surface area contributed by atoms with Crippen molar-refractivity contribution in [3.63, 3.8) is 0 Å². The summed E-state index contributed by atoms with van der Waals surface area (Å²) in [5.74, 6) is 0.645. The first kappa shape index (κ1) is 23.9. The highest BCUT2D eigenvalue weighted by Gasteiger charge is 2.28. The molecule has 1 fully saturated rings. The summed E-state index contributed by atoms with van der Waals surface area (Å²) in [7, 11) is 0. The lowest BCUT2D eigenvalue weighted by Crippen LogP contribution is -2.51. The van der Waals surface area contributed by atoms with Gasteiger partial charge < -0.3 is 25.0 Å². The van der Waals surface area contributed by atoms with Gasteiger partial charge >= 0.3 is 6.09 Å². The Morgan fingerprint density at radius 2 is 2.10 bits per heavy atom. The Kier molecular flexibility index (Phi) is 8.46. The third kappa shape index (κ3) is 7.48. The molecular weight excluding hydrogens is 384 g/mol. The van der Waals surface area contributed by atoms with Crippen molar-refractivity contribution in [1.82, 2.24) is 15.6 Å². The first-order valence-electron chi connectivity index (χ1n) is 10.7. The maximum absolute atomic E-state index is 12.7. The lowest BCUT2D eigenvalue weighted by atomic mass is 9.98. The molecule has 0 aromatic carbocycles. The number of morpholine rings is 1. The number of carbonyl (C=O) groups is 2. The summed E-state index contributed by atoms with van der Waals surface area (Å²) in [4.78, 5) is 31.6. The Labute approximate surface area is 179 Å². The van der Waals surface area contributed by atoms with Crippen molar-refractivity contribution in [2.75, 3.05) is 24.6 Å². The molecule has 0 aliphatic carbocycles. The van der Waals surface area contributed by atoms with Gasteiger partial charge in [0.05, 0.1) is 12.7 Å². The van der Waals surface area contributed by atoms with E-state index in [0.29, 0.717) is 13.2 Å². The minimum absolute atomic E-state index is 0.0265. The molecule has 2 amide bonds. The molecule has 0 radical (unpaired) electrons. The predicted octanol–water partition coefficient (Wildman–Crippen LogP) is 2.86. The van der Waals surface area contributed by atoms with E-state index in [-0.39, 0.29) is 17.9 Å². The number of carbonyl (C=O) groups excluding carboxylic acids is 2. The summed E-state index contributed by atoms with van der Waals surface area (Å²) in [6, 6.07) is 3.26. The highest BCUT2D eigenvalue weighted by molar-refractivity contribution is 5.85. The minimum atomic E-state index is -0.660. The lowest BCUT2D eigenvalue weighted by Gasteiger charge is -2.32. The normalized spacial score (nSPS) is 19.0. The van der Waals surface area contributed by atoms with E-state index in [1.54, 1.807) is 27.0 Å². The van der Waals surface area contributed by atoms with Gasteiger partial charge in [-0.3, -0.25) is 4.79 Å². The fourth-order valence-electron chi connectivity index (χ4n) is 3.17. The van der Waals surface area contributed by atoms with Crippen LogP contribution < -0.4 is 15.5 Å². The van der Waals surface area contributed by atoms with Gasteiger partial charge in [0.15, 0.2) is 0 Å². The highest BCUT2D eigenvalue weighted by Crippen LogP contribution is 2.16. The number of nitrogens with zero attached hydrogens (tertiary/aromatic N) is 2. The molecule has 0 spiro atoms. The van der Waals surface area contributed by atoms with Crippen LogP contribution in [0, 0.1) is 5.92 Å². The summed E-state index contributed by atoms with van der Waals surface area (Å²) >= 11 is 0.